The van der Waals surface area contributed by atoms with Gasteiger partial charge in [-0.15, -0.1) is 5.10 Å². The molecule has 0 spiro atoms. The Balaban J connectivity index is 1.65. The van der Waals surface area contributed by atoms with Gasteiger partial charge >= 0.3 is 0 Å². The van der Waals surface area contributed by atoms with Gasteiger partial charge in [-0.2, -0.15) is 0 Å². The van der Waals surface area contributed by atoms with E-state index in [0.29, 0.717) is 5.92 Å². The van der Waals surface area contributed by atoms with E-state index in [-0.39, 0.29) is 0 Å². The Morgan fingerprint density at radius 3 is 2.45 bits per heavy atom. The highest BCUT2D eigenvalue weighted by Gasteiger charge is 2.09. The highest BCUT2D eigenvalue weighted by atomic mass is 15.4. The van der Waals surface area contributed by atoms with Crippen molar-refractivity contribution in [2.75, 3.05) is 0 Å². The van der Waals surface area contributed by atoms with Crippen LogP contribution in [0, 0.1) is 6.92 Å². The minimum atomic E-state index is 0.447. The second-order valence-corrected chi connectivity index (χ2v) is 5.91. The second-order valence-electron chi connectivity index (χ2n) is 5.91. The van der Waals surface area contributed by atoms with Gasteiger partial charge in [0.05, 0.1) is 12.2 Å². The number of hydrogen-bond acceptors (Lipinski definition) is 2. The maximum absolute atomic E-state index is 4.31. The first-order valence-electron chi connectivity index (χ1n) is 7.70. The minimum Gasteiger partial charge on any atom is -0.248 e. The Morgan fingerprint density at radius 1 is 1.00 bits per heavy atom. The molecule has 0 N–H and O–H groups in total. The molecule has 1 heterocycles. The van der Waals surface area contributed by atoms with Crippen LogP contribution in [0.4, 0.5) is 0 Å². The molecule has 0 bridgehead atoms. The van der Waals surface area contributed by atoms with Gasteiger partial charge in [-0.05, 0) is 30.4 Å². The van der Waals surface area contributed by atoms with Crippen molar-refractivity contribution in [1.29, 1.82) is 0 Å². The van der Waals surface area contributed by atoms with Gasteiger partial charge in [0.15, 0.2) is 0 Å². The summed E-state index contributed by atoms with van der Waals surface area (Å²) >= 11 is 0. The summed E-state index contributed by atoms with van der Waals surface area (Å²) < 4.78 is 1.91. The Labute approximate surface area is 131 Å². The van der Waals surface area contributed by atoms with Gasteiger partial charge in [-0.1, -0.05) is 72.3 Å². The molecule has 1 unspecified atom stereocenters. The van der Waals surface area contributed by atoms with Crippen molar-refractivity contribution >= 4 is 0 Å². The molecule has 0 amide bonds. The highest BCUT2D eigenvalue weighted by molar-refractivity contribution is 5.25. The highest BCUT2D eigenvalue weighted by Crippen LogP contribution is 2.19. The Hall–Kier alpha value is -2.42. The maximum atomic E-state index is 4.31. The van der Waals surface area contributed by atoms with E-state index in [9.17, 15) is 0 Å². The van der Waals surface area contributed by atoms with Crippen LogP contribution in [0.3, 0.4) is 0 Å². The molecule has 0 aliphatic rings. The molecule has 1 atom stereocenters. The van der Waals surface area contributed by atoms with Gasteiger partial charge in [-0.3, -0.25) is 0 Å². The van der Waals surface area contributed by atoms with E-state index in [2.05, 4.69) is 66.8 Å². The van der Waals surface area contributed by atoms with Gasteiger partial charge in [0.1, 0.15) is 0 Å². The summed E-state index contributed by atoms with van der Waals surface area (Å²) in [6, 6.07) is 19.1. The Bertz CT molecular complexity index is 714. The molecule has 3 aromatic rings. The van der Waals surface area contributed by atoms with Crippen molar-refractivity contribution < 1.29 is 0 Å². The molecule has 0 saturated carbocycles. The zero-order valence-electron chi connectivity index (χ0n) is 13.1. The molecule has 22 heavy (non-hydrogen) atoms. The van der Waals surface area contributed by atoms with Crippen LogP contribution in [0.5, 0.6) is 0 Å². The van der Waals surface area contributed by atoms with Crippen LogP contribution in [0.1, 0.15) is 35.2 Å². The van der Waals surface area contributed by atoms with E-state index >= 15 is 0 Å². The van der Waals surface area contributed by atoms with Crippen LogP contribution in [-0.2, 0) is 13.0 Å². The topological polar surface area (TPSA) is 30.7 Å². The van der Waals surface area contributed by atoms with Crippen LogP contribution in [0.2, 0.25) is 0 Å². The number of aromatic nitrogens is 3. The molecular weight excluding hydrogens is 270 g/mol. The third-order valence-corrected chi connectivity index (χ3v) is 3.94. The summed E-state index contributed by atoms with van der Waals surface area (Å²) in [6.07, 6.45) is 2.97. The van der Waals surface area contributed by atoms with E-state index in [4.69, 9.17) is 0 Å². The lowest BCUT2D eigenvalue weighted by molar-refractivity contribution is 0.648. The van der Waals surface area contributed by atoms with Gasteiger partial charge in [-0.25, -0.2) is 4.68 Å². The van der Waals surface area contributed by atoms with Crippen LogP contribution in [-0.4, -0.2) is 15.0 Å². The first-order chi connectivity index (χ1) is 10.7. The third kappa shape index (κ3) is 3.61. The molecule has 112 valence electrons. The van der Waals surface area contributed by atoms with Crippen molar-refractivity contribution in [1.82, 2.24) is 15.0 Å². The average molecular weight is 291 g/mol. The second kappa shape index (κ2) is 6.56. The van der Waals surface area contributed by atoms with Crippen molar-refractivity contribution in [2.24, 2.45) is 0 Å². The zero-order valence-corrected chi connectivity index (χ0v) is 13.1. The summed E-state index contributed by atoms with van der Waals surface area (Å²) in [4.78, 5) is 0. The fraction of sp³-hybridized carbons (Fsp3) is 0.263. The van der Waals surface area contributed by atoms with Crippen LogP contribution in [0.15, 0.2) is 60.8 Å². The van der Waals surface area contributed by atoms with Gasteiger partial charge in [0.2, 0.25) is 0 Å². The quantitative estimate of drug-likeness (QED) is 0.712. The molecule has 0 aliphatic heterocycles. The lowest BCUT2D eigenvalue weighted by Crippen LogP contribution is -2.00. The van der Waals surface area contributed by atoms with Crippen molar-refractivity contribution in [2.45, 2.75) is 32.7 Å². The SMILES string of the molecule is Cc1ccc(C(C)Cc2cn(Cc3ccccc3)nn2)cc1. The lowest BCUT2D eigenvalue weighted by Gasteiger charge is -2.10. The summed E-state index contributed by atoms with van der Waals surface area (Å²) in [5.41, 5.74) is 4.93. The van der Waals surface area contributed by atoms with Gasteiger partial charge in [0.25, 0.3) is 0 Å². The number of hydrogen-bond donors (Lipinski definition) is 0. The predicted molar refractivity (Wildman–Crippen MR) is 88.9 cm³/mol. The molecule has 2 aromatic carbocycles. The van der Waals surface area contributed by atoms with E-state index in [0.717, 1.165) is 18.7 Å². The molecule has 0 aliphatic carbocycles. The van der Waals surface area contributed by atoms with Crippen LogP contribution < -0.4 is 0 Å². The molecule has 1 aromatic heterocycles. The fourth-order valence-electron chi connectivity index (χ4n) is 2.61. The first kappa shape index (κ1) is 14.5. The number of nitrogens with zero attached hydrogens (tertiary/aromatic N) is 3. The van der Waals surface area contributed by atoms with E-state index in [1.807, 2.05) is 22.9 Å². The Kier molecular flexibility index (Phi) is 4.33. The maximum Gasteiger partial charge on any atom is 0.0833 e. The largest absolute Gasteiger partial charge is 0.248 e. The third-order valence-electron chi connectivity index (χ3n) is 3.94. The van der Waals surface area contributed by atoms with E-state index in [1.165, 1.54) is 16.7 Å². The molecule has 0 fully saturated rings. The van der Waals surface area contributed by atoms with Crippen molar-refractivity contribution in [3.8, 4) is 0 Å². The lowest BCUT2D eigenvalue weighted by atomic mass is 9.96. The van der Waals surface area contributed by atoms with Crippen LogP contribution >= 0.6 is 0 Å². The number of benzene rings is 2. The molecule has 3 nitrogen and oxygen atoms in total. The predicted octanol–water partition coefficient (Wildman–Crippen LogP) is 3.98. The fourth-order valence-corrected chi connectivity index (χ4v) is 2.61. The monoisotopic (exact) mass is 291 g/mol. The first-order valence-corrected chi connectivity index (χ1v) is 7.70. The Morgan fingerprint density at radius 2 is 1.73 bits per heavy atom. The number of aryl methyl sites for hydroxylation is 1. The van der Waals surface area contributed by atoms with E-state index in [1.54, 1.807) is 0 Å². The van der Waals surface area contributed by atoms with Crippen molar-refractivity contribution in [3.63, 3.8) is 0 Å². The summed E-state index contributed by atoms with van der Waals surface area (Å²) in [6.45, 7) is 5.12. The molecule has 3 heteroatoms. The van der Waals surface area contributed by atoms with Crippen LogP contribution in [0.25, 0.3) is 0 Å². The normalized spacial score (nSPS) is 12.3. The molecule has 3 rings (SSSR count). The summed E-state index contributed by atoms with van der Waals surface area (Å²) in [5.74, 6) is 0.447. The zero-order chi connectivity index (χ0) is 15.4. The average Bonchev–Trinajstić information content (AvgIpc) is 2.96. The molecule has 0 radical (unpaired) electrons. The smallest absolute Gasteiger partial charge is 0.0833 e. The van der Waals surface area contributed by atoms with Gasteiger partial charge in [0, 0.05) is 6.20 Å². The molecular formula is C19H21N3. The van der Waals surface area contributed by atoms with Gasteiger partial charge < -0.3 is 0 Å². The summed E-state index contributed by atoms with van der Waals surface area (Å²) in [5, 5.41) is 8.55. The minimum absolute atomic E-state index is 0.447. The molecule has 0 saturated heterocycles. The van der Waals surface area contributed by atoms with E-state index < -0.39 is 0 Å². The summed E-state index contributed by atoms with van der Waals surface area (Å²) in [7, 11) is 0. The van der Waals surface area contributed by atoms with Crippen molar-refractivity contribution in [3.05, 3.63) is 83.2 Å². The standard InChI is InChI=1S/C19H21N3/c1-15-8-10-18(11-9-15)16(2)12-19-14-22(21-20-19)13-17-6-4-3-5-7-17/h3-11,14,16H,12-13H2,1-2H3. The number of rotatable bonds is 5.